The molecule has 20 heavy (non-hydrogen) atoms. The van der Waals surface area contributed by atoms with Gasteiger partial charge in [-0.05, 0) is 6.92 Å². The van der Waals surface area contributed by atoms with Crippen LogP contribution in [0, 0.1) is 0 Å². The second kappa shape index (κ2) is 7.44. The molecule has 2 fully saturated rings. The lowest BCUT2D eigenvalue weighted by molar-refractivity contribution is -0.133. The number of amides is 2. The number of nitrogens with zero attached hydrogens (tertiary/aromatic N) is 3. The van der Waals surface area contributed by atoms with Crippen molar-refractivity contribution < 1.29 is 14.3 Å². The second-order valence-corrected chi connectivity index (χ2v) is 5.09. The molecule has 0 aromatic carbocycles. The first-order valence-electron chi connectivity index (χ1n) is 7.33. The summed E-state index contributed by atoms with van der Waals surface area (Å²) in [6.07, 6.45) is -0.249. The van der Waals surface area contributed by atoms with E-state index in [1.54, 1.807) is 11.8 Å². The predicted molar refractivity (Wildman–Crippen MR) is 74.5 cm³/mol. The maximum absolute atomic E-state index is 12.1. The Hall–Kier alpha value is -1.34. The molecule has 7 heteroatoms. The number of rotatable bonds is 3. The van der Waals surface area contributed by atoms with E-state index in [-0.39, 0.29) is 12.0 Å². The van der Waals surface area contributed by atoms with Gasteiger partial charge in [0, 0.05) is 52.4 Å². The minimum Gasteiger partial charge on any atom is -0.450 e. The Bertz CT molecular complexity index is 337. The van der Waals surface area contributed by atoms with Gasteiger partial charge in [0.05, 0.1) is 13.2 Å². The molecule has 2 aliphatic heterocycles. The van der Waals surface area contributed by atoms with Gasteiger partial charge in [-0.2, -0.15) is 0 Å². The topological polar surface area (TPSA) is 65.1 Å². The van der Waals surface area contributed by atoms with Gasteiger partial charge < -0.3 is 19.9 Å². The highest BCUT2D eigenvalue weighted by molar-refractivity contribution is 5.78. The molecule has 0 aromatic rings. The van der Waals surface area contributed by atoms with Crippen LogP contribution < -0.4 is 5.32 Å². The summed E-state index contributed by atoms with van der Waals surface area (Å²) in [6, 6.07) is 0. The van der Waals surface area contributed by atoms with Crippen LogP contribution in [-0.2, 0) is 9.53 Å². The van der Waals surface area contributed by atoms with Gasteiger partial charge in [0.1, 0.15) is 0 Å². The summed E-state index contributed by atoms with van der Waals surface area (Å²) in [7, 11) is 0. The fourth-order valence-corrected chi connectivity index (χ4v) is 2.51. The maximum Gasteiger partial charge on any atom is 0.409 e. The zero-order chi connectivity index (χ0) is 14.4. The van der Waals surface area contributed by atoms with Crippen LogP contribution in [-0.4, -0.2) is 92.2 Å². The average Bonchev–Trinajstić information content (AvgIpc) is 2.49. The number of ether oxygens (including phenoxy) is 1. The molecule has 0 aromatic heterocycles. The number of carbonyl (C=O) groups excluding carboxylic acids is 2. The predicted octanol–water partition coefficient (Wildman–Crippen LogP) is -0.808. The van der Waals surface area contributed by atoms with Crippen LogP contribution >= 0.6 is 0 Å². The van der Waals surface area contributed by atoms with Crippen molar-refractivity contribution in [2.75, 3.05) is 65.5 Å². The summed E-state index contributed by atoms with van der Waals surface area (Å²) in [5.74, 6) is 0.191. The van der Waals surface area contributed by atoms with Crippen molar-refractivity contribution >= 4 is 12.0 Å². The van der Waals surface area contributed by atoms with Crippen LogP contribution in [0.2, 0.25) is 0 Å². The fourth-order valence-electron chi connectivity index (χ4n) is 2.51. The molecule has 0 unspecified atom stereocenters. The highest BCUT2D eigenvalue weighted by Crippen LogP contribution is 2.05. The monoisotopic (exact) mass is 284 g/mol. The Labute approximate surface area is 119 Å². The minimum atomic E-state index is -0.249. The van der Waals surface area contributed by atoms with Crippen LogP contribution in [0.25, 0.3) is 0 Å². The van der Waals surface area contributed by atoms with Gasteiger partial charge in [0.25, 0.3) is 0 Å². The molecule has 0 bridgehead atoms. The molecule has 2 saturated heterocycles. The Morgan fingerprint density at radius 1 is 1.00 bits per heavy atom. The molecule has 1 N–H and O–H groups in total. The van der Waals surface area contributed by atoms with E-state index in [2.05, 4.69) is 10.2 Å². The van der Waals surface area contributed by atoms with Gasteiger partial charge in [-0.3, -0.25) is 9.69 Å². The molecule has 2 amide bonds. The average molecular weight is 284 g/mol. The van der Waals surface area contributed by atoms with Crippen molar-refractivity contribution in [3.05, 3.63) is 0 Å². The van der Waals surface area contributed by atoms with Crippen LogP contribution in [0.3, 0.4) is 0 Å². The minimum absolute atomic E-state index is 0.191. The van der Waals surface area contributed by atoms with Crippen molar-refractivity contribution in [1.82, 2.24) is 20.0 Å². The molecule has 114 valence electrons. The van der Waals surface area contributed by atoms with Gasteiger partial charge in [0.2, 0.25) is 5.91 Å². The second-order valence-electron chi connectivity index (χ2n) is 5.09. The summed E-state index contributed by atoms with van der Waals surface area (Å²) in [4.78, 5) is 29.4. The smallest absolute Gasteiger partial charge is 0.409 e. The number of hydrogen-bond acceptors (Lipinski definition) is 5. The molecule has 0 atom stereocenters. The van der Waals surface area contributed by atoms with E-state index in [4.69, 9.17) is 4.74 Å². The van der Waals surface area contributed by atoms with Gasteiger partial charge >= 0.3 is 6.09 Å². The summed E-state index contributed by atoms with van der Waals surface area (Å²) in [5.41, 5.74) is 0. The normalized spacial score (nSPS) is 20.9. The molecule has 2 aliphatic rings. The molecule has 0 radical (unpaired) electrons. The molecule has 0 spiro atoms. The number of nitrogens with one attached hydrogen (secondary N) is 1. The molecular weight excluding hydrogens is 260 g/mol. The van der Waals surface area contributed by atoms with Crippen molar-refractivity contribution in [1.29, 1.82) is 0 Å². The molecule has 2 rings (SSSR count). The Morgan fingerprint density at radius 3 is 2.25 bits per heavy atom. The lowest BCUT2D eigenvalue weighted by Crippen LogP contribution is -2.53. The first-order chi connectivity index (χ1) is 9.70. The van der Waals surface area contributed by atoms with Crippen molar-refractivity contribution in [2.45, 2.75) is 6.92 Å². The maximum atomic E-state index is 12.1. The zero-order valence-electron chi connectivity index (χ0n) is 12.1. The largest absolute Gasteiger partial charge is 0.450 e. The molecule has 2 heterocycles. The summed E-state index contributed by atoms with van der Waals surface area (Å²) in [5, 5.41) is 3.24. The number of piperazine rings is 2. The van der Waals surface area contributed by atoms with E-state index in [1.807, 2.05) is 4.90 Å². The molecule has 0 saturated carbocycles. The van der Waals surface area contributed by atoms with E-state index >= 15 is 0 Å². The highest BCUT2D eigenvalue weighted by atomic mass is 16.6. The van der Waals surface area contributed by atoms with E-state index in [0.29, 0.717) is 26.2 Å². The number of carbonyl (C=O) groups is 2. The van der Waals surface area contributed by atoms with Crippen LogP contribution in [0.5, 0.6) is 0 Å². The van der Waals surface area contributed by atoms with Gasteiger partial charge in [-0.15, -0.1) is 0 Å². The summed E-state index contributed by atoms with van der Waals surface area (Å²) < 4.78 is 4.98. The van der Waals surface area contributed by atoms with Gasteiger partial charge in [-0.1, -0.05) is 0 Å². The van der Waals surface area contributed by atoms with Gasteiger partial charge in [-0.25, -0.2) is 4.79 Å². The highest BCUT2D eigenvalue weighted by Gasteiger charge is 2.25. The summed E-state index contributed by atoms with van der Waals surface area (Å²) >= 11 is 0. The van der Waals surface area contributed by atoms with Gasteiger partial charge in [0.15, 0.2) is 0 Å². The van der Waals surface area contributed by atoms with Crippen molar-refractivity contribution in [3.63, 3.8) is 0 Å². The van der Waals surface area contributed by atoms with Crippen LogP contribution in [0.1, 0.15) is 6.92 Å². The Morgan fingerprint density at radius 2 is 1.65 bits per heavy atom. The van der Waals surface area contributed by atoms with Crippen molar-refractivity contribution in [2.24, 2.45) is 0 Å². The van der Waals surface area contributed by atoms with Crippen LogP contribution in [0.4, 0.5) is 4.79 Å². The zero-order valence-corrected chi connectivity index (χ0v) is 12.1. The Balaban J connectivity index is 1.71. The quantitative estimate of drug-likeness (QED) is 0.734. The lowest BCUT2D eigenvalue weighted by atomic mass is 10.3. The van der Waals surface area contributed by atoms with Crippen molar-refractivity contribution in [3.8, 4) is 0 Å². The standard InChI is InChI=1S/C13H24N4O3/c1-2-20-13(19)17-9-7-15(8-10-17)11-12(18)16-5-3-14-4-6-16/h14H,2-11H2,1H3. The first-order valence-corrected chi connectivity index (χ1v) is 7.33. The van der Waals surface area contributed by atoms with E-state index in [0.717, 1.165) is 39.3 Å². The first kappa shape index (κ1) is 15.1. The molecule has 0 aliphatic carbocycles. The van der Waals surface area contributed by atoms with E-state index in [9.17, 15) is 9.59 Å². The molecule has 7 nitrogen and oxygen atoms in total. The number of hydrogen-bond donors (Lipinski definition) is 1. The van der Waals surface area contributed by atoms with Crippen LogP contribution in [0.15, 0.2) is 0 Å². The third kappa shape index (κ3) is 4.08. The fraction of sp³-hybridized carbons (Fsp3) is 0.846. The molecular formula is C13H24N4O3. The third-order valence-corrected chi connectivity index (χ3v) is 3.73. The third-order valence-electron chi connectivity index (χ3n) is 3.73. The van der Waals surface area contributed by atoms with E-state index in [1.165, 1.54) is 0 Å². The Kier molecular flexibility index (Phi) is 5.60. The summed E-state index contributed by atoms with van der Waals surface area (Å²) in [6.45, 7) is 8.74. The SMILES string of the molecule is CCOC(=O)N1CCN(CC(=O)N2CCNCC2)CC1. The van der Waals surface area contributed by atoms with E-state index < -0.39 is 0 Å². The lowest BCUT2D eigenvalue weighted by Gasteiger charge is -2.35.